The first kappa shape index (κ1) is 32.3. The first-order chi connectivity index (χ1) is 23.6. The van der Waals surface area contributed by atoms with Crippen molar-refractivity contribution >= 4 is 50.4 Å². The van der Waals surface area contributed by atoms with Gasteiger partial charge in [0.1, 0.15) is 22.8 Å². The minimum Gasteiger partial charge on any atom is -0.444 e. The molecule has 7 rings (SSSR count). The molecule has 49 heavy (non-hydrogen) atoms. The van der Waals surface area contributed by atoms with Crippen molar-refractivity contribution in [2.24, 2.45) is 0 Å². The first-order valence-electron chi connectivity index (χ1n) is 16.2. The Bertz CT molecular complexity index is 2150. The average Bonchev–Trinajstić information content (AvgIpc) is 3.72. The summed E-state index contributed by atoms with van der Waals surface area (Å²) in [6, 6.07) is 15.4. The highest BCUT2D eigenvalue weighted by Gasteiger charge is 2.36. The van der Waals surface area contributed by atoms with Gasteiger partial charge >= 0.3 is 6.09 Å². The third-order valence-corrected chi connectivity index (χ3v) is 9.54. The maximum atomic E-state index is 16.1. The van der Waals surface area contributed by atoms with Crippen molar-refractivity contribution in [2.45, 2.75) is 58.1 Å². The molecule has 5 aromatic heterocycles. The van der Waals surface area contributed by atoms with Crippen LogP contribution in [0.2, 0.25) is 0 Å². The summed E-state index contributed by atoms with van der Waals surface area (Å²) >= 11 is 1.64. The summed E-state index contributed by atoms with van der Waals surface area (Å²) in [5.74, 6) is -0.839. The lowest BCUT2D eigenvalue weighted by molar-refractivity contribution is 0.0196. The zero-order valence-electron chi connectivity index (χ0n) is 27.4. The average molecular weight is 679 g/mol. The van der Waals surface area contributed by atoms with Crippen LogP contribution in [-0.4, -0.2) is 71.6 Å². The van der Waals surface area contributed by atoms with Gasteiger partial charge in [-0.3, -0.25) is 14.7 Å². The Kier molecular flexibility index (Phi) is 8.76. The van der Waals surface area contributed by atoms with E-state index in [0.29, 0.717) is 42.1 Å². The molecular formula is C36H35FN8O3S. The molecule has 1 saturated heterocycles. The van der Waals surface area contributed by atoms with Gasteiger partial charge in [0, 0.05) is 58.9 Å². The van der Waals surface area contributed by atoms with E-state index in [1.54, 1.807) is 64.1 Å². The van der Waals surface area contributed by atoms with Crippen LogP contribution in [0.1, 0.15) is 54.4 Å². The molecule has 1 atom stereocenters. The number of likely N-dealkylation sites (tertiary alicyclic amines) is 1. The number of hydrogen-bond acceptors (Lipinski definition) is 9. The molecular weight excluding hydrogens is 644 g/mol. The van der Waals surface area contributed by atoms with Crippen molar-refractivity contribution in [3.63, 3.8) is 0 Å². The van der Waals surface area contributed by atoms with Crippen molar-refractivity contribution in [3.8, 4) is 5.69 Å². The smallest absolute Gasteiger partial charge is 0.410 e. The van der Waals surface area contributed by atoms with Crippen LogP contribution in [0.5, 0.6) is 0 Å². The van der Waals surface area contributed by atoms with Crippen LogP contribution >= 0.6 is 11.3 Å². The van der Waals surface area contributed by atoms with Crippen LogP contribution in [0.15, 0.2) is 79.4 Å². The van der Waals surface area contributed by atoms with E-state index in [1.165, 1.54) is 22.4 Å². The highest BCUT2D eigenvalue weighted by Crippen LogP contribution is 2.36. The number of hydrogen-bond donors (Lipinski definition) is 0. The lowest BCUT2D eigenvalue weighted by atomic mass is 10.0. The molecule has 0 saturated carbocycles. The van der Waals surface area contributed by atoms with Gasteiger partial charge in [0.15, 0.2) is 5.65 Å². The Balaban J connectivity index is 1.26. The van der Waals surface area contributed by atoms with E-state index in [-0.39, 0.29) is 12.1 Å². The van der Waals surface area contributed by atoms with Crippen LogP contribution in [0, 0.1) is 5.82 Å². The molecule has 1 fully saturated rings. The second kappa shape index (κ2) is 13.3. The molecule has 1 aliphatic heterocycles. The van der Waals surface area contributed by atoms with E-state index in [1.807, 2.05) is 39.0 Å². The molecule has 1 aliphatic rings. The summed E-state index contributed by atoms with van der Waals surface area (Å²) in [5, 5.41) is 9.06. The minimum absolute atomic E-state index is 0.123. The Labute approximate surface area is 286 Å². The Morgan fingerprint density at radius 3 is 2.65 bits per heavy atom. The molecule has 0 spiro atoms. The van der Waals surface area contributed by atoms with Gasteiger partial charge in [0.05, 0.1) is 17.3 Å². The maximum absolute atomic E-state index is 16.1. The summed E-state index contributed by atoms with van der Waals surface area (Å²) in [4.78, 5) is 45.3. The van der Waals surface area contributed by atoms with Crippen molar-refractivity contribution in [2.75, 3.05) is 18.0 Å². The van der Waals surface area contributed by atoms with Gasteiger partial charge in [-0.2, -0.15) is 4.68 Å². The van der Waals surface area contributed by atoms with E-state index >= 15 is 4.39 Å². The first-order valence-corrected chi connectivity index (χ1v) is 17.0. The van der Waals surface area contributed by atoms with Crippen molar-refractivity contribution in [1.29, 1.82) is 0 Å². The molecule has 6 aromatic rings. The molecule has 6 heterocycles. The highest BCUT2D eigenvalue weighted by molar-refractivity contribution is 7.19. The number of carbonyl (C=O) groups is 2. The molecule has 0 aliphatic carbocycles. The predicted molar refractivity (Wildman–Crippen MR) is 186 cm³/mol. The van der Waals surface area contributed by atoms with Gasteiger partial charge in [0.2, 0.25) is 0 Å². The molecule has 0 radical (unpaired) electrons. The zero-order valence-corrected chi connectivity index (χ0v) is 28.2. The van der Waals surface area contributed by atoms with Gasteiger partial charge in [-0.25, -0.2) is 19.2 Å². The summed E-state index contributed by atoms with van der Waals surface area (Å²) in [6.07, 6.45) is 9.28. The number of benzene rings is 1. The van der Waals surface area contributed by atoms with Crippen LogP contribution in [0.4, 0.5) is 15.0 Å². The number of piperidine rings is 1. The second-order valence-corrected chi connectivity index (χ2v) is 14.2. The number of aromatic nitrogens is 6. The third-order valence-electron chi connectivity index (χ3n) is 8.38. The normalized spacial score (nSPS) is 15.1. The fraction of sp³-hybridized carbons (Fsp3) is 0.306. The van der Waals surface area contributed by atoms with Crippen LogP contribution in [0.3, 0.4) is 0 Å². The SMILES string of the molecule is CC(C)(C)OC(=O)N1CCC[C@@H](N(C(=O)c2ccc(-n3nnc4cccnc43)cc2F)c2nccc3sc(CCc4ccncc4)cc23)C1. The molecule has 1 aromatic carbocycles. The van der Waals surface area contributed by atoms with E-state index in [2.05, 4.69) is 26.3 Å². The highest BCUT2D eigenvalue weighted by atomic mass is 32.1. The second-order valence-electron chi connectivity index (χ2n) is 13.0. The van der Waals surface area contributed by atoms with Crippen LogP contribution < -0.4 is 4.90 Å². The van der Waals surface area contributed by atoms with E-state index < -0.39 is 29.5 Å². The molecule has 0 unspecified atom stereocenters. The topological polar surface area (TPSA) is 119 Å². The lowest BCUT2D eigenvalue weighted by Gasteiger charge is -2.39. The fourth-order valence-corrected chi connectivity index (χ4v) is 7.16. The molecule has 250 valence electrons. The number of fused-ring (bicyclic) bond motifs is 2. The van der Waals surface area contributed by atoms with Gasteiger partial charge in [-0.1, -0.05) is 5.21 Å². The largest absolute Gasteiger partial charge is 0.444 e. The standard InChI is InChI=1S/C36H35FN8O3S/c1-36(2,3)48-35(47)43-19-5-6-25(22-43)44(32-28-21-26(49-31(28)14-18-40-32)10-8-23-12-16-38-17-13-23)34(46)27-11-9-24(20-29(27)37)45-33-30(41-42-45)7-4-15-39-33/h4,7,9,11-18,20-21,25H,5-6,8,10,19,22H2,1-3H3/t25-/m1/s1. The number of carbonyl (C=O) groups excluding carboxylic acids is 2. The quantitative estimate of drug-likeness (QED) is 0.181. The summed E-state index contributed by atoms with van der Waals surface area (Å²) < 4.78 is 24.2. The monoisotopic (exact) mass is 678 g/mol. The van der Waals surface area contributed by atoms with Gasteiger partial charge in [0.25, 0.3) is 5.91 Å². The van der Waals surface area contributed by atoms with Crippen LogP contribution in [0.25, 0.3) is 26.9 Å². The number of halogens is 1. The Morgan fingerprint density at radius 1 is 1.02 bits per heavy atom. The summed E-state index contributed by atoms with van der Waals surface area (Å²) in [7, 11) is 0. The number of pyridine rings is 3. The minimum atomic E-state index is -0.720. The predicted octanol–water partition coefficient (Wildman–Crippen LogP) is 6.79. The molecule has 0 bridgehead atoms. The van der Waals surface area contributed by atoms with Crippen LogP contribution in [-0.2, 0) is 17.6 Å². The summed E-state index contributed by atoms with van der Waals surface area (Å²) in [6.45, 7) is 6.17. The molecule has 13 heteroatoms. The van der Waals surface area contributed by atoms with Gasteiger partial charge in [-0.15, -0.1) is 16.4 Å². The fourth-order valence-electron chi connectivity index (χ4n) is 6.10. The number of anilines is 1. The number of rotatable bonds is 7. The van der Waals surface area contributed by atoms with E-state index in [9.17, 15) is 9.59 Å². The molecule has 0 N–H and O–H groups in total. The van der Waals surface area contributed by atoms with Crippen molar-refractivity contribution < 1.29 is 18.7 Å². The molecule has 11 nitrogen and oxygen atoms in total. The summed E-state index contributed by atoms with van der Waals surface area (Å²) in [5.41, 5.74) is 1.80. The number of ether oxygens (including phenoxy) is 1. The number of aryl methyl sites for hydroxylation is 2. The number of amides is 2. The maximum Gasteiger partial charge on any atom is 0.410 e. The molecule has 2 amide bonds. The number of thiophene rings is 1. The zero-order chi connectivity index (χ0) is 34.1. The Hall–Kier alpha value is -5.30. The van der Waals surface area contributed by atoms with Crippen molar-refractivity contribution in [1.82, 2.24) is 34.8 Å². The third kappa shape index (κ3) is 6.84. The van der Waals surface area contributed by atoms with Crippen molar-refractivity contribution in [3.05, 3.63) is 101 Å². The van der Waals surface area contributed by atoms with E-state index in [4.69, 9.17) is 9.72 Å². The lowest BCUT2D eigenvalue weighted by Crippen LogP contribution is -2.53. The Morgan fingerprint density at radius 2 is 1.86 bits per heavy atom. The van der Waals surface area contributed by atoms with Gasteiger partial charge < -0.3 is 9.64 Å². The number of nitrogens with zero attached hydrogens (tertiary/aromatic N) is 8. The van der Waals surface area contributed by atoms with Gasteiger partial charge in [-0.05, 0) is 101 Å². The van der Waals surface area contributed by atoms with E-state index in [0.717, 1.165) is 27.8 Å².